The highest BCUT2D eigenvalue weighted by Gasteiger charge is 2.25. The van der Waals surface area contributed by atoms with Gasteiger partial charge in [0.1, 0.15) is 11.8 Å². The quantitative estimate of drug-likeness (QED) is 0.432. The molecule has 2 heterocycles. The van der Waals surface area contributed by atoms with Crippen LogP contribution in [0.3, 0.4) is 0 Å². The summed E-state index contributed by atoms with van der Waals surface area (Å²) < 4.78 is 11.4. The van der Waals surface area contributed by atoms with Crippen molar-refractivity contribution in [2.24, 2.45) is 0 Å². The number of hydrogen-bond donors (Lipinski definition) is 2. The van der Waals surface area contributed by atoms with E-state index in [0.717, 1.165) is 41.7 Å². The fourth-order valence-corrected chi connectivity index (χ4v) is 4.19. The van der Waals surface area contributed by atoms with Crippen molar-refractivity contribution in [3.8, 4) is 22.9 Å². The van der Waals surface area contributed by atoms with Crippen LogP contribution in [-0.2, 0) is 20.8 Å². The number of anilines is 1. The number of carbonyl (C=O) groups is 1. The van der Waals surface area contributed by atoms with Crippen molar-refractivity contribution >= 4 is 11.6 Å². The Labute approximate surface area is 200 Å². The lowest BCUT2D eigenvalue weighted by atomic mass is 9.94. The van der Waals surface area contributed by atoms with E-state index in [9.17, 15) is 10.1 Å². The van der Waals surface area contributed by atoms with Crippen LogP contribution in [0.15, 0.2) is 42.5 Å². The molecule has 0 radical (unpaired) electrons. The van der Waals surface area contributed by atoms with Crippen LogP contribution in [-0.4, -0.2) is 32.0 Å². The molecule has 34 heavy (non-hydrogen) atoms. The van der Waals surface area contributed by atoms with Gasteiger partial charge >= 0.3 is 0 Å². The highest BCUT2D eigenvalue weighted by Crippen LogP contribution is 2.42. The number of nitrogens with one attached hydrogen (secondary N) is 2. The second kappa shape index (κ2) is 10.7. The van der Waals surface area contributed by atoms with E-state index in [4.69, 9.17) is 14.3 Å². The van der Waals surface area contributed by atoms with Crippen molar-refractivity contribution < 1.29 is 19.1 Å². The van der Waals surface area contributed by atoms with Crippen LogP contribution in [0.25, 0.3) is 11.1 Å². The number of rotatable bonds is 8. The molecule has 0 spiro atoms. The molecule has 0 aromatic heterocycles. The van der Waals surface area contributed by atoms with Gasteiger partial charge in [-0.3, -0.25) is 4.79 Å². The van der Waals surface area contributed by atoms with Crippen LogP contribution in [0.4, 0.5) is 5.69 Å². The molecule has 7 nitrogen and oxygen atoms in total. The Bertz CT molecular complexity index is 1100. The Morgan fingerprint density at radius 1 is 1.26 bits per heavy atom. The van der Waals surface area contributed by atoms with E-state index in [-0.39, 0.29) is 6.54 Å². The summed E-state index contributed by atoms with van der Waals surface area (Å²) in [4.78, 5) is 17.8. The zero-order chi connectivity index (χ0) is 24.1. The van der Waals surface area contributed by atoms with Gasteiger partial charge in [-0.2, -0.15) is 5.26 Å². The Kier molecular flexibility index (Phi) is 7.51. The highest BCUT2D eigenvalue weighted by atomic mass is 16.8. The molecule has 1 unspecified atom stereocenters. The first kappa shape index (κ1) is 23.8. The zero-order valence-electron chi connectivity index (χ0n) is 19.8. The minimum Gasteiger partial charge on any atom is -0.492 e. The number of fused-ring (bicyclic) bond motifs is 1. The van der Waals surface area contributed by atoms with Gasteiger partial charge in [0.25, 0.3) is 5.91 Å². The van der Waals surface area contributed by atoms with E-state index < -0.39 is 12.2 Å². The monoisotopic (exact) mass is 461 g/mol. The van der Waals surface area contributed by atoms with Crippen LogP contribution >= 0.6 is 0 Å². The third kappa shape index (κ3) is 5.24. The summed E-state index contributed by atoms with van der Waals surface area (Å²) >= 11 is 0. The maximum atomic E-state index is 12.4. The molecular formula is C27H31N3O4. The number of carbonyl (C=O) groups excluding carboxylic acids is 1. The number of hydroxylamine groups is 1. The van der Waals surface area contributed by atoms with Crippen LogP contribution in [0.2, 0.25) is 0 Å². The van der Waals surface area contributed by atoms with Gasteiger partial charge in [-0.05, 0) is 36.0 Å². The number of benzene rings is 2. The Morgan fingerprint density at radius 3 is 2.74 bits per heavy atom. The number of amides is 1. The summed E-state index contributed by atoms with van der Waals surface area (Å²) in [6.07, 6.45) is 2.99. The second-order valence-corrected chi connectivity index (χ2v) is 8.94. The van der Waals surface area contributed by atoms with E-state index >= 15 is 0 Å². The molecule has 2 aliphatic heterocycles. The predicted molar refractivity (Wildman–Crippen MR) is 130 cm³/mol. The Balaban J connectivity index is 1.50. The van der Waals surface area contributed by atoms with Crippen molar-refractivity contribution in [3.05, 3.63) is 59.2 Å². The third-order valence-electron chi connectivity index (χ3n) is 6.21. The lowest BCUT2D eigenvalue weighted by Crippen LogP contribution is -2.34. The van der Waals surface area contributed by atoms with Gasteiger partial charge < -0.3 is 14.8 Å². The highest BCUT2D eigenvalue weighted by molar-refractivity contribution is 5.93. The molecule has 0 bridgehead atoms. The van der Waals surface area contributed by atoms with E-state index in [1.807, 2.05) is 6.07 Å². The SMILES string of the molecule is C=C(CNc1cc(-c2ccc(C(C)C)cc2)c2c(c1C#N)CCO2)C(=O)NOC1CCCCO1. The summed E-state index contributed by atoms with van der Waals surface area (Å²) in [5.41, 5.74) is 8.00. The normalized spacial score (nSPS) is 16.9. The number of hydrogen-bond acceptors (Lipinski definition) is 6. The van der Waals surface area contributed by atoms with E-state index in [0.29, 0.717) is 42.4 Å². The van der Waals surface area contributed by atoms with Crippen LogP contribution < -0.4 is 15.5 Å². The maximum absolute atomic E-state index is 12.4. The largest absolute Gasteiger partial charge is 0.492 e. The van der Waals surface area contributed by atoms with Crippen LogP contribution in [0.1, 0.15) is 55.7 Å². The summed E-state index contributed by atoms with van der Waals surface area (Å²) in [6.45, 7) is 9.53. The standard InChI is InChI=1S/C27H31N3O4/c1-17(2)19-7-9-20(10-8-19)22-14-24(23(15-28)21-11-13-33-26(21)22)29-16-18(3)27(31)30-34-25-6-4-5-12-32-25/h7-10,14,17,25,29H,3-6,11-13,16H2,1-2H3,(H,30,31). The average Bonchev–Trinajstić information content (AvgIpc) is 3.35. The second-order valence-electron chi connectivity index (χ2n) is 8.94. The smallest absolute Gasteiger partial charge is 0.272 e. The van der Waals surface area contributed by atoms with Crippen molar-refractivity contribution in [2.75, 3.05) is 25.1 Å². The molecule has 0 aliphatic carbocycles. The minimum absolute atomic E-state index is 0.167. The molecule has 1 fully saturated rings. The van der Waals surface area contributed by atoms with Gasteiger partial charge in [0.2, 0.25) is 0 Å². The maximum Gasteiger partial charge on any atom is 0.272 e. The first-order chi connectivity index (χ1) is 16.5. The third-order valence-corrected chi connectivity index (χ3v) is 6.21. The molecule has 4 rings (SSSR count). The summed E-state index contributed by atoms with van der Waals surface area (Å²) in [5.74, 6) is 0.783. The molecule has 1 saturated heterocycles. The molecule has 0 saturated carbocycles. The van der Waals surface area contributed by atoms with Gasteiger partial charge in [0, 0.05) is 42.7 Å². The summed E-state index contributed by atoms with van der Waals surface area (Å²) in [6, 6.07) is 12.6. The Morgan fingerprint density at radius 2 is 2.06 bits per heavy atom. The van der Waals surface area contributed by atoms with Gasteiger partial charge in [-0.15, -0.1) is 0 Å². The van der Waals surface area contributed by atoms with E-state index in [1.54, 1.807) is 0 Å². The van der Waals surface area contributed by atoms with Crippen molar-refractivity contribution in [3.63, 3.8) is 0 Å². The fourth-order valence-electron chi connectivity index (χ4n) is 4.19. The number of nitriles is 1. The minimum atomic E-state index is -0.426. The molecule has 1 amide bonds. The lowest BCUT2D eigenvalue weighted by molar-refractivity contribution is -0.198. The molecule has 2 N–H and O–H groups in total. The molecular weight excluding hydrogens is 430 g/mol. The number of ether oxygens (including phenoxy) is 2. The van der Waals surface area contributed by atoms with Crippen molar-refractivity contribution in [1.29, 1.82) is 5.26 Å². The first-order valence-electron chi connectivity index (χ1n) is 11.8. The van der Waals surface area contributed by atoms with Crippen LogP contribution in [0, 0.1) is 11.3 Å². The average molecular weight is 462 g/mol. The molecule has 178 valence electrons. The first-order valence-corrected chi connectivity index (χ1v) is 11.8. The fraction of sp³-hybridized carbons (Fsp3) is 0.407. The summed E-state index contributed by atoms with van der Waals surface area (Å²) in [5, 5.41) is 13.1. The van der Waals surface area contributed by atoms with Crippen molar-refractivity contribution in [2.45, 2.75) is 51.7 Å². The number of nitrogens with zero attached hydrogens (tertiary/aromatic N) is 1. The van der Waals surface area contributed by atoms with Gasteiger partial charge in [0.15, 0.2) is 6.29 Å². The van der Waals surface area contributed by atoms with E-state index in [1.165, 1.54) is 5.56 Å². The molecule has 7 heteroatoms. The topological polar surface area (TPSA) is 92.6 Å². The van der Waals surface area contributed by atoms with Gasteiger partial charge in [-0.25, -0.2) is 10.3 Å². The van der Waals surface area contributed by atoms with E-state index in [2.05, 4.69) is 61.6 Å². The van der Waals surface area contributed by atoms with Gasteiger partial charge in [-0.1, -0.05) is 44.7 Å². The lowest BCUT2D eigenvalue weighted by Gasteiger charge is -2.22. The summed E-state index contributed by atoms with van der Waals surface area (Å²) in [7, 11) is 0. The van der Waals surface area contributed by atoms with Crippen molar-refractivity contribution in [1.82, 2.24) is 5.48 Å². The molecule has 2 aliphatic rings. The Hall–Kier alpha value is -3.34. The molecule has 1 atom stereocenters. The van der Waals surface area contributed by atoms with Crippen LogP contribution in [0.5, 0.6) is 5.75 Å². The molecule has 2 aromatic carbocycles. The predicted octanol–water partition coefficient (Wildman–Crippen LogP) is 4.83. The molecule has 2 aromatic rings. The zero-order valence-corrected chi connectivity index (χ0v) is 19.8. The van der Waals surface area contributed by atoms with Gasteiger partial charge in [0.05, 0.1) is 17.9 Å².